The van der Waals surface area contributed by atoms with E-state index in [1.54, 1.807) is 12.1 Å². The van der Waals surface area contributed by atoms with E-state index in [-0.39, 0.29) is 16.4 Å². The molecule has 5 rings (SSSR count). The van der Waals surface area contributed by atoms with Crippen molar-refractivity contribution in [2.24, 2.45) is 5.92 Å². The normalized spacial score (nSPS) is 17.3. The first-order chi connectivity index (χ1) is 15.0. The molecule has 0 radical (unpaired) electrons. The minimum absolute atomic E-state index is 0.0703. The summed E-state index contributed by atoms with van der Waals surface area (Å²) in [6, 6.07) is 4.88. The van der Waals surface area contributed by atoms with Crippen molar-refractivity contribution >= 4 is 44.7 Å². The molecule has 160 valence electrons. The maximum absolute atomic E-state index is 12.9. The van der Waals surface area contributed by atoms with Gasteiger partial charge in [-0.2, -0.15) is 0 Å². The number of aromatic nitrogens is 3. The molecule has 3 aromatic rings. The SMILES string of the molecule is CN1CCC(CC(=O)c2nc3c(N4CCc5cc([N+](=O)[O-])ccc54)ncnc3s2)CC1. The molecule has 2 aliphatic rings. The summed E-state index contributed by atoms with van der Waals surface area (Å²) in [7, 11) is 2.11. The number of nitrogens with zero attached hydrogens (tertiary/aromatic N) is 6. The van der Waals surface area contributed by atoms with Crippen molar-refractivity contribution in [3.8, 4) is 0 Å². The number of hydrogen-bond acceptors (Lipinski definition) is 9. The minimum Gasteiger partial charge on any atom is -0.324 e. The number of Topliss-reactive ketones (excluding diaryl/α,β-unsaturated/α-hetero) is 1. The molecular weight excluding hydrogens is 416 g/mol. The Balaban J connectivity index is 1.42. The number of piperidine rings is 1. The molecular formula is C21H22N6O3S. The number of thiazole rings is 1. The summed E-state index contributed by atoms with van der Waals surface area (Å²) in [5.74, 6) is 1.12. The average molecular weight is 439 g/mol. The van der Waals surface area contributed by atoms with Gasteiger partial charge in [0, 0.05) is 30.8 Å². The molecule has 0 unspecified atom stereocenters. The first kappa shape index (κ1) is 20.0. The second-order valence-electron chi connectivity index (χ2n) is 8.22. The van der Waals surface area contributed by atoms with Crippen LogP contribution in [0.3, 0.4) is 0 Å². The molecule has 1 aromatic carbocycles. The van der Waals surface area contributed by atoms with Crippen molar-refractivity contribution in [1.29, 1.82) is 0 Å². The molecule has 10 heteroatoms. The first-order valence-electron chi connectivity index (χ1n) is 10.4. The van der Waals surface area contributed by atoms with E-state index in [0.717, 1.165) is 37.2 Å². The second-order valence-corrected chi connectivity index (χ2v) is 9.19. The molecule has 0 amide bonds. The molecule has 31 heavy (non-hydrogen) atoms. The Hall–Kier alpha value is -2.98. The third-order valence-electron chi connectivity index (χ3n) is 6.15. The Morgan fingerprint density at radius 2 is 2.06 bits per heavy atom. The number of nitro groups is 1. The zero-order valence-corrected chi connectivity index (χ0v) is 18.0. The lowest BCUT2D eigenvalue weighted by Gasteiger charge is -2.28. The number of rotatable bonds is 5. The van der Waals surface area contributed by atoms with Gasteiger partial charge in [0.2, 0.25) is 0 Å². The van der Waals surface area contributed by atoms with Gasteiger partial charge in [-0.15, -0.1) is 0 Å². The Morgan fingerprint density at radius 3 is 2.84 bits per heavy atom. The maximum Gasteiger partial charge on any atom is 0.269 e. The van der Waals surface area contributed by atoms with E-state index in [1.165, 1.54) is 23.7 Å². The van der Waals surface area contributed by atoms with Gasteiger partial charge in [0.1, 0.15) is 16.7 Å². The molecule has 0 N–H and O–H groups in total. The van der Waals surface area contributed by atoms with Crippen LogP contribution in [-0.4, -0.2) is 57.2 Å². The number of likely N-dealkylation sites (tertiary alicyclic amines) is 1. The molecule has 4 heterocycles. The van der Waals surface area contributed by atoms with Gasteiger partial charge in [-0.25, -0.2) is 15.0 Å². The van der Waals surface area contributed by atoms with Gasteiger partial charge in [-0.05, 0) is 56.9 Å². The Kier molecular flexibility index (Phi) is 5.11. The summed E-state index contributed by atoms with van der Waals surface area (Å²) in [6.45, 7) is 2.71. The van der Waals surface area contributed by atoms with E-state index in [0.29, 0.717) is 46.5 Å². The fraction of sp³-hybridized carbons (Fsp3) is 0.429. The van der Waals surface area contributed by atoms with E-state index in [4.69, 9.17) is 0 Å². The largest absolute Gasteiger partial charge is 0.324 e. The standard InChI is InChI=1S/C21H22N6O3S/c1-25-7-4-13(5-8-25)10-17(28)20-24-18-19(22-12-23-21(18)31-20)26-9-6-14-11-15(27(29)30)2-3-16(14)26/h2-3,11-13H,4-10H2,1H3. The number of anilines is 2. The van der Waals surface area contributed by atoms with Crippen molar-refractivity contribution in [2.75, 3.05) is 31.6 Å². The van der Waals surface area contributed by atoms with Crippen LogP contribution in [0.1, 0.15) is 34.6 Å². The van der Waals surface area contributed by atoms with Gasteiger partial charge < -0.3 is 9.80 Å². The maximum atomic E-state index is 12.9. The molecule has 9 nitrogen and oxygen atoms in total. The van der Waals surface area contributed by atoms with Crippen molar-refractivity contribution < 1.29 is 9.72 Å². The number of carbonyl (C=O) groups is 1. The molecule has 2 aliphatic heterocycles. The van der Waals surface area contributed by atoms with Crippen LogP contribution >= 0.6 is 11.3 Å². The smallest absolute Gasteiger partial charge is 0.269 e. The van der Waals surface area contributed by atoms with Crippen LogP contribution in [0.25, 0.3) is 10.3 Å². The summed E-state index contributed by atoms with van der Waals surface area (Å²) in [6.07, 6.45) is 4.77. The number of carbonyl (C=O) groups excluding carboxylic acids is 1. The highest BCUT2D eigenvalue weighted by atomic mass is 32.1. The highest BCUT2D eigenvalue weighted by molar-refractivity contribution is 7.20. The van der Waals surface area contributed by atoms with Gasteiger partial charge >= 0.3 is 0 Å². The highest BCUT2D eigenvalue weighted by Gasteiger charge is 2.28. The van der Waals surface area contributed by atoms with Crippen LogP contribution in [0.5, 0.6) is 0 Å². The Bertz CT molecular complexity index is 1170. The zero-order valence-electron chi connectivity index (χ0n) is 17.2. The lowest BCUT2D eigenvalue weighted by Crippen LogP contribution is -2.31. The van der Waals surface area contributed by atoms with E-state index in [9.17, 15) is 14.9 Å². The minimum atomic E-state index is -0.380. The molecule has 1 saturated heterocycles. The summed E-state index contributed by atoms with van der Waals surface area (Å²) in [5, 5.41) is 11.6. The summed E-state index contributed by atoms with van der Waals surface area (Å²) in [4.78, 5) is 42.0. The van der Waals surface area contributed by atoms with E-state index >= 15 is 0 Å². The second kappa shape index (κ2) is 7.93. The lowest BCUT2D eigenvalue weighted by atomic mass is 9.92. The molecule has 0 spiro atoms. The molecule has 0 saturated carbocycles. The predicted molar refractivity (Wildman–Crippen MR) is 118 cm³/mol. The van der Waals surface area contributed by atoms with E-state index < -0.39 is 0 Å². The van der Waals surface area contributed by atoms with Gasteiger partial charge in [-0.3, -0.25) is 14.9 Å². The fourth-order valence-corrected chi connectivity index (χ4v) is 5.25. The van der Waals surface area contributed by atoms with Gasteiger partial charge in [0.25, 0.3) is 5.69 Å². The number of non-ortho nitro benzene ring substituents is 1. The zero-order chi connectivity index (χ0) is 21.5. The summed E-state index contributed by atoms with van der Waals surface area (Å²) < 4.78 is 0. The van der Waals surface area contributed by atoms with Gasteiger partial charge in [0.05, 0.1) is 4.92 Å². The molecule has 0 bridgehead atoms. The molecule has 0 atom stereocenters. The number of fused-ring (bicyclic) bond motifs is 2. The number of hydrogen-bond donors (Lipinski definition) is 0. The lowest BCUT2D eigenvalue weighted by molar-refractivity contribution is -0.384. The average Bonchev–Trinajstić information content (AvgIpc) is 3.39. The van der Waals surface area contributed by atoms with E-state index in [2.05, 4.69) is 26.9 Å². The van der Waals surface area contributed by atoms with Crippen LogP contribution in [0.2, 0.25) is 0 Å². The molecule has 1 fully saturated rings. The molecule has 0 aliphatic carbocycles. The van der Waals surface area contributed by atoms with Crippen LogP contribution in [0.4, 0.5) is 17.2 Å². The third kappa shape index (κ3) is 3.77. The Morgan fingerprint density at radius 1 is 1.26 bits per heavy atom. The van der Waals surface area contributed by atoms with Crippen LogP contribution in [0.15, 0.2) is 24.5 Å². The fourth-order valence-electron chi connectivity index (χ4n) is 4.40. The van der Waals surface area contributed by atoms with Crippen molar-refractivity contribution in [1.82, 2.24) is 19.9 Å². The van der Waals surface area contributed by atoms with E-state index in [1.807, 2.05) is 4.90 Å². The number of benzene rings is 1. The third-order valence-corrected chi connectivity index (χ3v) is 7.16. The van der Waals surface area contributed by atoms with Crippen LogP contribution in [0, 0.1) is 16.0 Å². The predicted octanol–water partition coefficient (Wildman–Crippen LogP) is 3.60. The van der Waals surface area contributed by atoms with Crippen molar-refractivity contribution in [2.45, 2.75) is 25.7 Å². The van der Waals surface area contributed by atoms with Gasteiger partial charge in [0.15, 0.2) is 16.6 Å². The van der Waals surface area contributed by atoms with Gasteiger partial charge in [-0.1, -0.05) is 11.3 Å². The van der Waals surface area contributed by atoms with Crippen LogP contribution in [-0.2, 0) is 6.42 Å². The highest BCUT2D eigenvalue weighted by Crippen LogP contribution is 2.39. The summed E-state index contributed by atoms with van der Waals surface area (Å²) in [5.41, 5.74) is 2.50. The quantitative estimate of drug-likeness (QED) is 0.338. The molecule has 2 aromatic heterocycles. The number of nitro benzene ring substituents is 1. The first-order valence-corrected chi connectivity index (χ1v) is 11.2. The Labute approximate surface area is 182 Å². The topological polar surface area (TPSA) is 105 Å². The van der Waals surface area contributed by atoms with Crippen LogP contribution < -0.4 is 4.90 Å². The monoisotopic (exact) mass is 438 g/mol. The number of ketones is 1. The van der Waals surface area contributed by atoms with Crippen molar-refractivity contribution in [3.63, 3.8) is 0 Å². The van der Waals surface area contributed by atoms with Crippen molar-refractivity contribution in [3.05, 3.63) is 45.2 Å². The summed E-state index contributed by atoms with van der Waals surface area (Å²) >= 11 is 1.32.